The molecule has 0 amide bonds. The molecule has 0 aromatic rings. The van der Waals surface area contributed by atoms with Gasteiger partial charge in [-0.2, -0.15) is 0 Å². The van der Waals surface area contributed by atoms with E-state index in [0.29, 0.717) is 5.92 Å². The average Bonchev–Trinajstić information content (AvgIpc) is 2.16. The predicted octanol–water partition coefficient (Wildman–Crippen LogP) is 4.04. The van der Waals surface area contributed by atoms with Gasteiger partial charge in [-0.25, -0.2) is 4.79 Å². The molecule has 1 atom stereocenters. The van der Waals surface area contributed by atoms with Crippen molar-refractivity contribution in [2.45, 2.75) is 46.5 Å². The highest BCUT2D eigenvalue weighted by atomic mass is 16.4. The van der Waals surface area contributed by atoms with E-state index < -0.39 is 5.97 Å². The number of hydrogen-bond donors (Lipinski definition) is 1. The fourth-order valence-corrected chi connectivity index (χ4v) is 1.52. The van der Waals surface area contributed by atoms with Crippen LogP contribution in [-0.2, 0) is 4.79 Å². The molecule has 0 aliphatic carbocycles. The van der Waals surface area contributed by atoms with E-state index >= 15 is 0 Å². The number of allylic oxidation sites excluding steroid dienone is 3. The summed E-state index contributed by atoms with van der Waals surface area (Å²) in [5.74, 6) is 0.587. The second-order valence-electron chi connectivity index (χ2n) is 4.79. The minimum Gasteiger partial charge on any atom is -0.478 e. The van der Waals surface area contributed by atoms with Gasteiger partial charge in [0.1, 0.15) is 0 Å². The lowest BCUT2D eigenvalue weighted by Crippen LogP contribution is -1.95. The summed E-state index contributed by atoms with van der Waals surface area (Å²) in [4.78, 5) is 10.2. The summed E-state index contributed by atoms with van der Waals surface area (Å²) >= 11 is 0. The van der Waals surface area contributed by atoms with Crippen LogP contribution in [0.3, 0.4) is 0 Å². The minimum atomic E-state index is -0.894. The van der Waals surface area contributed by atoms with Gasteiger partial charge in [-0.05, 0) is 18.3 Å². The van der Waals surface area contributed by atoms with Crippen LogP contribution in [0.25, 0.3) is 0 Å². The molecule has 92 valence electrons. The number of carboxylic acid groups (broad SMARTS) is 1. The van der Waals surface area contributed by atoms with Gasteiger partial charge in [0, 0.05) is 6.08 Å². The summed E-state index contributed by atoms with van der Waals surface area (Å²) in [6.45, 7) is 6.74. The Balaban J connectivity index is 3.56. The van der Waals surface area contributed by atoms with Gasteiger partial charge in [-0.15, -0.1) is 0 Å². The third kappa shape index (κ3) is 11.0. The lowest BCUT2D eigenvalue weighted by molar-refractivity contribution is -0.131. The Morgan fingerprint density at radius 1 is 1.19 bits per heavy atom. The van der Waals surface area contributed by atoms with E-state index in [1.165, 1.54) is 19.3 Å². The summed E-state index contributed by atoms with van der Waals surface area (Å²) in [7, 11) is 0. The molecule has 0 aliphatic heterocycles. The van der Waals surface area contributed by atoms with Crippen molar-refractivity contribution in [1.82, 2.24) is 0 Å². The Hall–Kier alpha value is -1.05. The van der Waals surface area contributed by atoms with Gasteiger partial charge < -0.3 is 5.11 Å². The molecule has 0 saturated carbocycles. The van der Waals surface area contributed by atoms with Crippen LogP contribution in [-0.4, -0.2) is 11.1 Å². The molecule has 1 N–H and O–H groups in total. The monoisotopic (exact) mass is 224 g/mol. The van der Waals surface area contributed by atoms with Gasteiger partial charge in [-0.3, -0.25) is 0 Å². The molecule has 1 unspecified atom stereocenters. The zero-order valence-electron chi connectivity index (χ0n) is 10.6. The summed E-state index contributed by atoms with van der Waals surface area (Å²) in [6, 6.07) is 0. The third-order valence-corrected chi connectivity index (χ3v) is 2.50. The molecule has 0 aliphatic rings. The zero-order chi connectivity index (χ0) is 12.4. The van der Waals surface area contributed by atoms with Crippen LogP contribution in [0.2, 0.25) is 0 Å². The Morgan fingerprint density at radius 2 is 1.88 bits per heavy atom. The standard InChI is InChI=1S/C14H24O2/c1-12(2)8-7-10-13(3)9-5-4-6-11-14(15)16/h4-6,11-13H,7-10H2,1-3H3,(H,15,16)/b5-4+,11-6+. The van der Waals surface area contributed by atoms with Crippen molar-refractivity contribution in [2.24, 2.45) is 11.8 Å². The van der Waals surface area contributed by atoms with Crippen molar-refractivity contribution in [3.8, 4) is 0 Å². The highest BCUT2D eigenvalue weighted by Crippen LogP contribution is 2.15. The summed E-state index contributed by atoms with van der Waals surface area (Å²) in [6.07, 6.45) is 11.5. The molecule has 2 nitrogen and oxygen atoms in total. The van der Waals surface area contributed by atoms with Crippen molar-refractivity contribution in [3.63, 3.8) is 0 Å². The van der Waals surface area contributed by atoms with E-state index in [1.807, 2.05) is 12.2 Å². The third-order valence-electron chi connectivity index (χ3n) is 2.50. The summed E-state index contributed by atoms with van der Waals surface area (Å²) in [5, 5.41) is 8.37. The van der Waals surface area contributed by atoms with E-state index in [4.69, 9.17) is 5.11 Å². The number of carbonyl (C=O) groups is 1. The van der Waals surface area contributed by atoms with Crippen molar-refractivity contribution in [3.05, 3.63) is 24.3 Å². The first kappa shape index (κ1) is 14.9. The van der Waals surface area contributed by atoms with Crippen LogP contribution in [0, 0.1) is 11.8 Å². The average molecular weight is 224 g/mol. The molecule has 0 radical (unpaired) electrons. The van der Waals surface area contributed by atoms with Crippen LogP contribution in [0.1, 0.15) is 46.5 Å². The largest absolute Gasteiger partial charge is 0.478 e. The molecular formula is C14H24O2. The summed E-state index contributed by atoms with van der Waals surface area (Å²) in [5.41, 5.74) is 0. The van der Waals surface area contributed by atoms with Gasteiger partial charge in [0.25, 0.3) is 0 Å². The van der Waals surface area contributed by atoms with Crippen LogP contribution in [0.15, 0.2) is 24.3 Å². The van der Waals surface area contributed by atoms with Crippen molar-refractivity contribution < 1.29 is 9.90 Å². The molecule has 0 rings (SSSR count). The van der Waals surface area contributed by atoms with E-state index in [1.54, 1.807) is 6.08 Å². The van der Waals surface area contributed by atoms with Gasteiger partial charge in [0.05, 0.1) is 0 Å². The maximum Gasteiger partial charge on any atom is 0.328 e. The molecule has 0 saturated heterocycles. The molecule has 16 heavy (non-hydrogen) atoms. The molecule has 0 bridgehead atoms. The molecule has 0 aromatic heterocycles. The number of aliphatic carboxylic acids is 1. The second-order valence-corrected chi connectivity index (χ2v) is 4.79. The first-order valence-corrected chi connectivity index (χ1v) is 6.08. The van der Waals surface area contributed by atoms with Crippen molar-refractivity contribution >= 4 is 5.97 Å². The lowest BCUT2D eigenvalue weighted by atomic mass is 9.97. The smallest absolute Gasteiger partial charge is 0.328 e. The SMILES string of the molecule is CC(C)CCCC(C)C/C=C/C=C/C(=O)O. The Bertz CT molecular complexity index is 239. The Kier molecular flexibility index (Phi) is 8.59. The number of rotatable bonds is 8. The van der Waals surface area contributed by atoms with Crippen LogP contribution < -0.4 is 0 Å². The van der Waals surface area contributed by atoms with Crippen LogP contribution in [0.4, 0.5) is 0 Å². The molecule has 2 heteroatoms. The second kappa shape index (κ2) is 9.20. The first-order chi connectivity index (χ1) is 7.52. The normalized spacial score (nSPS) is 14.0. The molecule has 0 aromatic carbocycles. The zero-order valence-corrected chi connectivity index (χ0v) is 10.6. The maximum absolute atomic E-state index is 10.2. The van der Waals surface area contributed by atoms with Gasteiger partial charge in [-0.1, -0.05) is 58.3 Å². The van der Waals surface area contributed by atoms with Crippen molar-refractivity contribution in [2.75, 3.05) is 0 Å². The molecule has 0 fully saturated rings. The van der Waals surface area contributed by atoms with E-state index in [0.717, 1.165) is 18.4 Å². The quantitative estimate of drug-likeness (QED) is 0.499. The van der Waals surface area contributed by atoms with Crippen LogP contribution >= 0.6 is 0 Å². The Morgan fingerprint density at radius 3 is 2.44 bits per heavy atom. The van der Waals surface area contributed by atoms with Gasteiger partial charge >= 0.3 is 5.97 Å². The molecule has 0 heterocycles. The highest BCUT2D eigenvalue weighted by molar-refractivity contribution is 5.80. The fraction of sp³-hybridized carbons (Fsp3) is 0.643. The van der Waals surface area contributed by atoms with Gasteiger partial charge in [0.15, 0.2) is 0 Å². The van der Waals surface area contributed by atoms with E-state index in [2.05, 4.69) is 20.8 Å². The highest BCUT2D eigenvalue weighted by Gasteiger charge is 2.00. The number of hydrogen-bond acceptors (Lipinski definition) is 1. The summed E-state index contributed by atoms with van der Waals surface area (Å²) < 4.78 is 0. The topological polar surface area (TPSA) is 37.3 Å². The molecule has 0 spiro atoms. The van der Waals surface area contributed by atoms with E-state index in [9.17, 15) is 4.79 Å². The lowest BCUT2D eigenvalue weighted by Gasteiger charge is -2.09. The molecular weight excluding hydrogens is 200 g/mol. The Labute approximate surface area is 99.1 Å². The number of carboxylic acids is 1. The van der Waals surface area contributed by atoms with E-state index in [-0.39, 0.29) is 0 Å². The minimum absolute atomic E-state index is 0.688. The first-order valence-electron chi connectivity index (χ1n) is 6.08. The predicted molar refractivity (Wildman–Crippen MR) is 68.4 cm³/mol. The van der Waals surface area contributed by atoms with Crippen LogP contribution in [0.5, 0.6) is 0 Å². The van der Waals surface area contributed by atoms with Crippen molar-refractivity contribution in [1.29, 1.82) is 0 Å². The maximum atomic E-state index is 10.2. The fourth-order valence-electron chi connectivity index (χ4n) is 1.52. The van der Waals surface area contributed by atoms with Gasteiger partial charge in [0.2, 0.25) is 0 Å².